The van der Waals surface area contributed by atoms with Gasteiger partial charge < -0.3 is 10.6 Å². The number of carbonyl (C=O) groups is 2. The third-order valence-corrected chi connectivity index (χ3v) is 5.99. The van der Waals surface area contributed by atoms with Crippen LogP contribution < -0.4 is 15.4 Å². The van der Waals surface area contributed by atoms with Crippen LogP contribution in [0, 0.1) is 0 Å². The van der Waals surface area contributed by atoms with Crippen molar-refractivity contribution in [1.29, 1.82) is 0 Å². The fourth-order valence-electron chi connectivity index (χ4n) is 2.21. The largest absolute Gasteiger partial charge is 0.350 e. The van der Waals surface area contributed by atoms with Crippen molar-refractivity contribution < 1.29 is 18.0 Å². The number of halogens is 2. The zero-order valence-corrected chi connectivity index (χ0v) is 17.8. The molecule has 27 heavy (non-hydrogen) atoms. The molecule has 1 aliphatic carbocycles. The minimum Gasteiger partial charge on any atom is -0.350 e. The van der Waals surface area contributed by atoms with E-state index in [-0.39, 0.29) is 32.5 Å². The number of carbonyl (C=O) groups excluding carboxylic acids is 2. The first-order chi connectivity index (χ1) is 12.3. The molecule has 2 amide bonds. The highest BCUT2D eigenvalue weighted by atomic mass is 35.5. The molecule has 1 unspecified atom stereocenters. The number of hydrogen-bond donors (Lipinski definition) is 3. The highest BCUT2D eigenvalue weighted by Gasteiger charge is 2.31. The summed E-state index contributed by atoms with van der Waals surface area (Å²) in [6.07, 6.45) is 1.52. The number of rotatable bonds is 6. The van der Waals surface area contributed by atoms with Crippen LogP contribution in [0.4, 0.5) is 0 Å². The van der Waals surface area contributed by atoms with Gasteiger partial charge in [-0.1, -0.05) is 23.2 Å². The number of nitrogens with one attached hydrogen (secondary N) is 3. The molecule has 3 N–H and O–H groups in total. The second kappa shape index (κ2) is 7.95. The summed E-state index contributed by atoms with van der Waals surface area (Å²) in [6.45, 7) is 6.98. The number of sulfonamides is 1. The Bertz CT molecular complexity index is 862. The van der Waals surface area contributed by atoms with E-state index >= 15 is 0 Å². The lowest BCUT2D eigenvalue weighted by Crippen LogP contribution is -2.50. The lowest BCUT2D eigenvalue weighted by molar-refractivity contribution is -0.124. The Morgan fingerprint density at radius 3 is 2.26 bits per heavy atom. The SMILES string of the molecule is CC(NC(=O)c1cc(S(=O)(=O)NC2CC2)c(Cl)cc1Cl)C(=O)NC(C)(C)C. The first-order valence-electron chi connectivity index (χ1n) is 8.44. The summed E-state index contributed by atoms with van der Waals surface area (Å²) in [5.74, 6) is -1.04. The Morgan fingerprint density at radius 1 is 1.15 bits per heavy atom. The van der Waals surface area contributed by atoms with Crippen molar-refractivity contribution in [2.75, 3.05) is 0 Å². The second-order valence-corrected chi connectivity index (χ2v) is 10.1. The van der Waals surface area contributed by atoms with Crippen LogP contribution in [0.3, 0.4) is 0 Å². The van der Waals surface area contributed by atoms with E-state index in [2.05, 4.69) is 15.4 Å². The molecule has 10 heteroatoms. The van der Waals surface area contributed by atoms with Crippen LogP contribution in [0.1, 0.15) is 50.9 Å². The highest BCUT2D eigenvalue weighted by Crippen LogP contribution is 2.30. The molecule has 1 aromatic rings. The van der Waals surface area contributed by atoms with Crippen LogP contribution >= 0.6 is 23.2 Å². The van der Waals surface area contributed by atoms with Gasteiger partial charge >= 0.3 is 0 Å². The fraction of sp³-hybridized carbons (Fsp3) is 0.529. The zero-order chi connectivity index (χ0) is 20.6. The maximum absolute atomic E-state index is 12.5. The quantitative estimate of drug-likeness (QED) is 0.637. The first kappa shape index (κ1) is 21.9. The van der Waals surface area contributed by atoms with Gasteiger partial charge in [0.1, 0.15) is 10.9 Å². The van der Waals surface area contributed by atoms with Gasteiger partial charge in [-0.3, -0.25) is 9.59 Å². The van der Waals surface area contributed by atoms with Gasteiger partial charge in [-0.2, -0.15) is 0 Å². The van der Waals surface area contributed by atoms with E-state index in [1.54, 1.807) is 0 Å². The second-order valence-electron chi connectivity index (χ2n) is 7.59. The van der Waals surface area contributed by atoms with Crippen molar-refractivity contribution in [1.82, 2.24) is 15.4 Å². The molecular formula is C17H23Cl2N3O4S. The number of benzene rings is 1. The topological polar surface area (TPSA) is 104 Å². The molecule has 150 valence electrons. The minimum atomic E-state index is -3.87. The lowest BCUT2D eigenvalue weighted by atomic mass is 10.1. The Kier molecular flexibility index (Phi) is 6.46. The summed E-state index contributed by atoms with van der Waals surface area (Å²) in [5, 5.41) is 5.18. The van der Waals surface area contributed by atoms with Crippen LogP contribution in [0.25, 0.3) is 0 Å². The van der Waals surface area contributed by atoms with Crippen LogP contribution in [0.2, 0.25) is 10.0 Å². The summed E-state index contributed by atoms with van der Waals surface area (Å²) < 4.78 is 27.4. The molecule has 7 nitrogen and oxygen atoms in total. The van der Waals surface area contributed by atoms with Gasteiger partial charge in [0.2, 0.25) is 15.9 Å². The molecule has 1 aromatic carbocycles. The predicted molar refractivity (Wildman–Crippen MR) is 105 cm³/mol. The number of amides is 2. The maximum atomic E-state index is 12.5. The Balaban J connectivity index is 2.23. The van der Waals surface area contributed by atoms with Crippen molar-refractivity contribution in [3.8, 4) is 0 Å². The van der Waals surface area contributed by atoms with Crippen molar-refractivity contribution in [3.05, 3.63) is 27.7 Å². The Hall–Kier alpha value is -1.35. The molecular weight excluding hydrogens is 413 g/mol. The van der Waals surface area contributed by atoms with Crippen molar-refractivity contribution in [2.45, 2.75) is 63.1 Å². The highest BCUT2D eigenvalue weighted by molar-refractivity contribution is 7.89. The summed E-state index contributed by atoms with van der Waals surface area (Å²) in [5.41, 5.74) is -0.531. The average molecular weight is 436 g/mol. The van der Waals surface area contributed by atoms with Gasteiger partial charge in [0.15, 0.2) is 0 Å². The minimum absolute atomic E-state index is 0.00805. The third kappa shape index (κ3) is 6.07. The van der Waals surface area contributed by atoms with Crippen LogP contribution in [0.5, 0.6) is 0 Å². The van der Waals surface area contributed by atoms with Gasteiger partial charge in [-0.05, 0) is 52.7 Å². The molecule has 1 atom stereocenters. The summed E-state index contributed by atoms with van der Waals surface area (Å²) in [6, 6.07) is 1.38. The van der Waals surface area contributed by atoms with E-state index in [1.807, 2.05) is 20.8 Å². The molecule has 0 aliphatic heterocycles. The van der Waals surface area contributed by atoms with E-state index in [0.717, 1.165) is 18.9 Å². The van der Waals surface area contributed by atoms with Gasteiger partial charge in [0.25, 0.3) is 5.91 Å². The van der Waals surface area contributed by atoms with Gasteiger partial charge in [0.05, 0.1) is 15.6 Å². The van der Waals surface area contributed by atoms with E-state index < -0.39 is 27.5 Å². The van der Waals surface area contributed by atoms with Crippen molar-refractivity contribution in [3.63, 3.8) is 0 Å². The molecule has 0 spiro atoms. The summed E-state index contributed by atoms with van der Waals surface area (Å²) >= 11 is 12.1. The molecule has 1 saturated carbocycles. The van der Waals surface area contributed by atoms with E-state index in [9.17, 15) is 18.0 Å². The van der Waals surface area contributed by atoms with E-state index in [1.165, 1.54) is 13.0 Å². The Morgan fingerprint density at radius 2 is 1.74 bits per heavy atom. The smallest absolute Gasteiger partial charge is 0.253 e. The average Bonchev–Trinajstić information content (AvgIpc) is 3.27. The van der Waals surface area contributed by atoms with Gasteiger partial charge in [-0.15, -0.1) is 0 Å². The summed E-state index contributed by atoms with van der Waals surface area (Å²) in [4.78, 5) is 24.4. The molecule has 2 rings (SSSR count). The molecule has 0 bridgehead atoms. The normalized spacial score (nSPS) is 15.9. The zero-order valence-electron chi connectivity index (χ0n) is 15.5. The van der Waals surface area contributed by atoms with Crippen molar-refractivity contribution >= 4 is 45.0 Å². The predicted octanol–water partition coefficient (Wildman–Crippen LogP) is 2.47. The van der Waals surface area contributed by atoms with Crippen LogP contribution in [-0.4, -0.2) is 37.9 Å². The summed E-state index contributed by atoms with van der Waals surface area (Å²) in [7, 11) is -3.87. The van der Waals surface area contributed by atoms with Crippen LogP contribution in [-0.2, 0) is 14.8 Å². The molecule has 0 saturated heterocycles. The molecule has 1 fully saturated rings. The van der Waals surface area contributed by atoms with Gasteiger partial charge in [0, 0.05) is 11.6 Å². The van der Waals surface area contributed by atoms with Gasteiger partial charge in [-0.25, -0.2) is 13.1 Å². The Labute approximate surface area is 169 Å². The molecule has 0 radical (unpaired) electrons. The van der Waals surface area contributed by atoms with Crippen LogP contribution in [0.15, 0.2) is 17.0 Å². The van der Waals surface area contributed by atoms with Crippen molar-refractivity contribution in [2.24, 2.45) is 0 Å². The van der Waals surface area contributed by atoms with E-state index in [0.29, 0.717) is 0 Å². The standard InChI is InChI=1S/C17H23Cl2N3O4S/c1-9(15(23)21-17(2,3)4)20-16(24)11-7-14(13(19)8-12(11)18)27(25,26)22-10-5-6-10/h7-10,22H,5-6H2,1-4H3,(H,20,24)(H,21,23). The number of hydrogen-bond acceptors (Lipinski definition) is 4. The molecule has 0 heterocycles. The lowest BCUT2D eigenvalue weighted by Gasteiger charge is -2.23. The first-order valence-corrected chi connectivity index (χ1v) is 10.7. The third-order valence-electron chi connectivity index (χ3n) is 3.69. The monoisotopic (exact) mass is 435 g/mol. The fourth-order valence-corrected chi connectivity index (χ4v) is 4.37. The van der Waals surface area contributed by atoms with E-state index in [4.69, 9.17) is 23.2 Å². The molecule has 0 aromatic heterocycles. The maximum Gasteiger partial charge on any atom is 0.253 e. The molecule has 1 aliphatic rings.